The predicted molar refractivity (Wildman–Crippen MR) is 71.0 cm³/mol. The van der Waals surface area contributed by atoms with Crippen LogP contribution in [0.1, 0.15) is 28.9 Å². The van der Waals surface area contributed by atoms with Crippen molar-refractivity contribution < 1.29 is 10.0 Å². The minimum Gasteiger partial charge on any atom is -0.409 e. The molecule has 0 bridgehead atoms. The van der Waals surface area contributed by atoms with Crippen molar-refractivity contribution in [3.8, 4) is 0 Å². The summed E-state index contributed by atoms with van der Waals surface area (Å²) >= 11 is 0. The third kappa shape index (κ3) is 3.01. The molecular formula is C13H18N4O2. The number of nitrogens with two attached hydrogens (primary N) is 1. The van der Waals surface area contributed by atoms with Gasteiger partial charge in [0.25, 0.3) is 5.91 Å². The van der Waals surface area contributed by atoms with Crippen LogP contribution in [-0.2, 0) is 0 Å². The smallest absolute Gasteiger partial charge is 0.255 e. The zero-order chi connectivity index (χ0) is 13.8. The summed E-state index contributed by atoms with van der Waals surface area (Å²) in [5, 5.41) is 11.7. The molecule has 102 valence electrons. The Hall–Kier alpha value is -2.11. The van der Waals surface area contributed by atoms with E-state index < -0.39 is 0 Å². The first kappa shape index (κ1) is 13.3. The zero-order valence-corrected chi connectivity index (χ0v) is 10.9. The van der Waals surface area contributed by atoms with Gasteiger partial charge in [0, 0.05) is 30.9 Å². The van der Waals surface area contributed by atoms with Crippen LogP contribution in [-0.4, -0.2) is 39.9 Å². The highest BCUT2D eigenvalue weighted by molar-refractivity contribution is 5.94. The van der Waals surface area contributed by atoms with E-state index in [1.807, 2.05) is 13.0 Å². The summed E-state index contributed by atoms with van der Waals surface area (Å²) in [7, 11) is 0. The highest BCUT2D eigenvalue weighted by Crippen LogP contribution is 2.19. The lowest BCUT2D eigenvalue weighted by Crippen LogP contribution is -2.41. The molecule has 0 atom stereocenters. The van der Waals surface area contributed by atoms with Gasteiger partial charge in [-0.2, -0.15) is 0 Å². The van der Waals surface area contributed by atoms with E-state index in [9.17, 15) is 4.79 Å². The number of rotatable bonds is 2. The third-order valence-corrected chi connectivity index (χ3v) is 3.47. The lowest BCUT2D eigenvalue weighted by molar-refractivity contribution is 0.0708. The molecule has 0 aromatic carbocycles. The second-order valence-electron chi connectivity index (χ2n) is 4.78. The summed E-state index contributed by atoms with van der Waals surface area (Å²) in [4.78, 5) is 18.1. The number of amidine groups is 1. The van der Waals surface area contributed by atoms with Crippen LogP contribution in [0.15, 0.2) is 23.5 Å². The first-order valence-corrected chi connectivity index (χ1v) is 6.31. The summed E-state index contributed by atoms with van der Waals surface area (Å²) in [5.41, 5.74) is 7.08. The maximum absolute atomic E-state index is 12.2. The maximum Gasteiger partial charge on any atom is 0.255 e. The van der Waals surface area contributed by atoms with Crippen LogP contribution < -0.4 is 5.73 Å². The van der Waals surface area contributed by atoms with Crippen molar-refractivity contribution in [3.63, 3.8) is 0 Å². The molecule has 0 spiro atoms. The number of piperidine rings is 1. The summed E-state index contributed by atoms with van der Waals surface area (Å²) < 4.78 is 0. The van der Waals surface area contributed by atoms with Crippen molar-refractivity contribution in [2.24, 2.45) is 16.8 Å². The highest BCUT2D eigenvalue weighted by Gasteiger charge is 2.25. The number of aromatic nitrogens is 1. The molecule has 0 radical (unpaired) electrons. The van der Waals surface area contributed by atoms with E-state index in [2.05, 4.69) is 10.1 Å². The molecule has 1 aromatic heterocycles. The average molecular weight is 262 g/mol. The van der Waals surface area contributed by atoms with Crippen LogP contribution >= 0.6 is 0 Å². The third-order valence-electron chi connectivity index (χ3n) is 3.47. The van der Waals surface area contributed by atoms with Gasteiger partial charge in [-0.15, -0.1) is 0 Å². The fourth-order valence-corrected chi connectivity index (χ4v) is 2.24. The zero-order valence-electron chi connectivity index (χ0n) is 10.9. The number of aryl methyl sites for hydroxylation is 1. The second-order valence-corrected chi connectivity index (χ2v) is 4.78. The van der Waals surface area contributed by atoms with Crippen LogP contribution in [0, 0.1) is 12.8 Å². The maximum atomic E-state index is 12.2. The van der Waals surface area contributed by atoms with Gasteiger partial charge in [-0.1, -0.05) is 5.16 Å². The van der Waals surface area contributed by atoms with Crippen LogP contribution in [0.3, 0.4) is 0 Å². The van der Waals surface area contributed by atoms with Crippen molar-refractivity contribution in [1.82, 2.24) is 9.88 Å². The summed E-state index contributed by atoms with van der Waals surface area (Å²) in [5.74, 6) is 0.305. The molecule has 0 aliphatic carbocycles. The molecule has 1 fully saturated rings. The lowest BCUT2D eigenvalue weighted by atomic mass is 9.95. The van der Waals surface area contributed by atoms with Gasteiger partial charge in [0.15, 0.2) is 0 Å². The Morgan fingerprint density at radius 3 is 2.68 bits per heavy atom. The number of nitrogens with zero attached hydrogens (tertiary/aromatic N) is 3. The van der Waals surface area contributed by atoms with E-state index in [1.54, 1.807) is 17.2 Å². The Kier molecular flexibility index (Phi) is 3.99. The normalized spacial score (nSPS) is 17.5. The standard InChI is InChI=1S/C13H18N4O2/c1-9-2-3-11(8-15-9)13(18)17-6-4-10(5-7-17)12(14)16-19/h2-3,8,10,19H,4-7H2,1H3,(H2,14,16). The van der Waals surface area contributed by atoms with E-state index >= 15 is 0 Å². The van der Waals surface area contributed by atoms with E-state index in [0.717, 1.165) is 18.5 Å². The minimum absolute atomic E-state index is 0.00883. The number of oxime groups is 1. The SMILES string of the molecule is Cc1ccc(C(=O)N2CCC(C(N)=NO)CC2)cn1. The molecule has 0 saturated carbocycles. The fraction of sp³-hybridized carbons (Fsp3) is 0.462. The number of hydrogen-bond donors (Lipinski definition) is 2. The van der Waals surface area contributed by atoms with Gasteiger partial charge in [-0.25, -0.2) is 0 Å². The molecule has 3 N–H and O–H groups in total. The number of pyridine rings is 1. The molecule has 0 unspecified atom stereocenters. The van der Waals surface area contributed by atoms with E-state index in [-0.39, 0.29) is 17.7 Å². The van der Waals surface area contributed by atoms with Crippen molar-refractivity contribution >= 4 is 11.7 Å². The monoisotopic (exact) mass is 262 g/mol. The summed E-state index contributed by atoms with van der Waals surface area (Å²) in [6.45, 7) is 3.12. The van der Waals surface area contributed by atoms with Crippen molar-refractivity contribution in [2.75, 3.05) is 13.1 Å². The number of carbonyl (C=O) groups is 1. The van der Waals surface area contributed by atoms with Crippen LogP contribution in [0.25, 0.3) is 0 Å². The molecule has 6 heteroatoms. The molecule has 19 heavy (non-hydrogen) atoms. The van der Waals surface area contributed by atoms with Gasteiger partial charge in [0.2, 0.25) is 0 Å². The topological polar surface area (TPSA) is 91.8 Å². The van der Waals surface area contributed by atoms with Gasteiger partial charge >= 0.3 is 0 Å². The Balaban J connectivity index is 1.98. The van der Waals surface area contributed by atoms with Crippen molar-refractivity contribution in [3.05, 3.63) is 29.6 Å². The largest absolute Gasteiger partial charge is 0.409 e. The van der Waals surface area contributed by atoms with Crippen molar-refractivity contribution in [2.45, 2.75) is 19.8 Å². The summed E-state index contributed by atoms with van der Waals surface area (Å²) in [6, 6.07) is 3.62. The fourth-order valence-electron chi connectivity index (χ4n) is 2.24. The predicted octanol–water partition coefficient (Wildman–Crippen LogP) is 0.989. The van der Waals surface area contributed by atoms with Gasteiger partial charge in [0.05, 0.1) is 5.56 Å². The number of carbonyl (C=O) groups excluding carboxylic acids is 1. The van der Waals surface area contributed by atoms with Crippen LogP contribution in [0.2, 0.25) is 0 Å². The quantitative estimate of drug-likeness (QED) is 0.360. The molecule has 1 aliphatic rings. The molecule has 1 aromatic rings. The highest BCUT2D eigenvalue weighted by atomic mass is 16.4. The molecule has 1 aliphatic heterocycles. The van der Waals surface area contributed by atoms with Gasteiger partial charge < -0.3 is 15.8 Å². The first-order valence-electron chi connectivity index (χ1n) is 6.31. The molecule has 2 rings (SSSR count). The van der Waals surface area contributed by atoms with E-state index in [4.69, 9.17) is 10.9 Å². The van der Waals surface area contributed by atoms with Crippen LogP contribution in [0.4, 0.5) is 0 Å². The molecule has 1 saturated heterocycles. The summed E-state index contributed by atoms with van der Waals surface area (Å²) in [6.07, 6.45) is 3.05. The van der Waals surface area contributed by atoms with E-state index in [1.165, 1.54) is 0 Å². The van der Waals surface area contributed by atoms with Gasteiger partial charge in [-0.3, -0.25) is 9.78 Å². The first-order chi connectivity index (χ1) is 9.11. The van der Waals surface area contributed by atoms with Gasteiger partial charge in [0.1, 0.15) is 5.84 Å². The number of hydrogen-bond acceptors (Lipinski definition) is 4. The Morgan fingerprint density at radius 2 is 2.16 bits per heavy atom. The number of amides is 1. The minimum atomic E-state index is -0.00883. The Morgan fingerprint density at radius 1 is 1.47 bits per heavy atom. The Labute approximate surface area is 111 Å². The lowest BCUT2D eigenvalue weighted by Gasteiger charge is -2.31. The van der Waals surface area contributed by atoms with E-state index in [0.29, 0.717) is 18.7 Å². The molecule has 6 nitrogen and oxygen atoms in total. The van der Waals surface area contributed by atoms with Crippen LogP contribution in [0.5, 0.6) is 0 Å². The van der Waals surface area contributed by atoms with Crippen molar-refractivity contribution in [1.29, 1.82) is 0 Å². The molecular weight excluding hydrogens is 244 g/mol. The number of likely N-dealkylation sites (tertiary alicyclic amines) is 1. The molecule has 1 amide bonds. The van der Waals surface area contributed by atoms with Gasteiger partial charge in [-0.05, 0) is 31.9 Å². The Bertz CT molecular complexity index is 476. The average Bonchev–Trinajstić information content (AvgIpc) is 2.46. The molecule has 2 heterocycles. The second kappa shape index (κ2) is 5.69.